The summed E-state index contributed by atoms with van der Waals surface area (Å²) in [6.45, 7) is 0. The monoisotopic (exact) mass is 379 g/mol. The van der Waals surface area contributed by atoms with Crippen LogP contribution >= 0.6 is 39.5 Å². The zero-order valence-electron chi connectivity index (χ0n) is 11.2. The molecule has 1 heterocycles. The highest BCUT2D eigenvalue weighted by Crippen LogP contribution is 2.45. The second kappa shape index (κ2) is 6.90. The quantitative estimate of drug-likeness (QED) is 0.796. The third-order valence-electron chi connectivity index (χ3n) is 3.19. The number of hydrogen-bond acceptors (Lipinski definition) is 3. The SMILES string of the molecule is O=C(Nc1ccccc1Br)c1ccc(C2SCCS2)cc1. The van der Waals surface area contributed by atoms with Gasteiger partial charge in [-0.2, -0.15) is 0 Å². The highest BCUT2D eigenvalue weighted by molar-refractivity contribution is 9.10. The van der Waals surface area contributed by atoms with Crippen molar-refractivity contribution in [1.82, 2.24) is 0 Å². The smallest absolute Gasteiger partial charge is 0.255 e. The molecule has 0 radical (unpaired) electrons. The summed E-state index contributed by atoms with van der Waals surface area (Å²) in [5.74, 6) is 2.33. The summed E-state index contributed by atoms with van der Waals surface area (Å²) in [5, 5.41) is 2.92. The van der Waals surface area contributed by atoms with Crippen molar-refractivity contribution < 1.29 is 4.79 Å². The van der Waals surface area contributed by atoms with Crippen molar-refractivity contribution in [2.24, 2.45) is 0 Å². The van der Waals surface area contributed by atoms with E-state index < -0.39 is 0 Å². The number of halogens is 1. The first kappa shape index (κ1) is 15.0. The van der Waals surface area contributed by atoms with Gasteiger partial charge in [0.1, 0.15) is 0 Å². The maximum atomic E-state index is 12.3. The molecule has 0 bridgehead atoms. The highest BCUT2D eigenvalue weighted by atomic mass is 79.9. The Balaban J connectivity index is 1.71. The molecule has 1 saturated heterocycles. The minimum Gasteiger partial charge on any atom is -0.321 e. The number of thioether (sulfide) groups is 2. The second-order valence-corrected chi connectivity index (χ2v) is 8.21. The second-order valence-electron chi connectivity index (χ2n) is 4.63. The number of carbonyl (C=O) groups excluding carboxylic acids is 1. The number of para-hydroxylation sites is 1. The summed E-state index contributed by atoms with van der Waals surface area (Å²) in [5.41, 5.74) is 2.76. The van der Waals surface area contributed by atoms with Gasteiger partial charge in [0.25, 0.3) is 5.91 Å². The molecule has 0 aromatic heterocycles. The Kier molecular flexibility index (Phi) is 4.93. The molecule has 2 aromatic carbocycles. The molecule has 108 valence electrons. The summed E-state index contributed by atoms with van der Waals surface area (Å²) in [6.07, 6.45) is 0. The fraction of sp³-hybridized carbons (Fsp3) is 0.188. The van der Waals surface area contributed by atoms with Crippen molar-refractivity contribution in [3.8, 4) is 0 Å². The van der Waals surface area contributed by atoms with Gasteiger partial charge in [0.05, 0.1) is 10.3 Å². The van der Waals surface area contributed by atoms with Crippen LogP contribution in [-0.4, -0.2) is 17.4 Å². The van der Waals surface area contributed by atoms with Crippen LogP contribution in [0.1, 0.15) is 20.5 Å². The molecule has 0 spiro atoms. The van der Waals surface area contributed by atoms with E-state index in [0.29, 0.717) is 10.1 Å². The maximum Gasteiger partial charge on any atom is 0.255 e. The fourth-order valence-electron chi connectivity index (χ4n) is 2.10. The summed E-state index contributed by atoms with van der Waals surface area (Å²) in [4.78, 5) is 12.3. The molecule has 1 aliphatic heterocycles. The molecule has 0 atom stereocenters. The summed E-state index contributed by atoms with van der Waals surface area (Å²) >= 11 is 7.37. The third-order valence-corrected chi connectivity index (χ3v) is 6.98. The van der Waals surface area contributed by atoms with Crippen LogP contribution in [0.5, 0.6) is 0 Å². The Hall–Kier alpha value is -0.910. The lowest BCUT2D eigenvalue weighted by Crippen LogP contribution is -2.12. The predicted octanol–water partition coefficient (Wildman–Crippen LogP) is 5.18. The molecule has 2 aromatic rings. The molecule has 1 amide bonds. The van der Waals surface area contributed by atoms with Gasteiger partial charge in [0.2, 0.25) is 0 Å². The lowest BCUT2D eigenvalue weighted by Gasteiger charge is -2.10. The maximum absolute atomic E-state index is 12.3. The van der Waals surface area contributed by atoms with Crippen LogP contribution < -0.4 is 5.32 Å². The van der Waals surface area contributed by atoms with E-state index in [1.54, 1.807) is 0 Å². The number of carbonyl (C=O) groups is 1. The number of benzene rings is 2. The summed E-state index contributed by atoms with van der Waals surface area (Å²) in [6, 6.07) is 15.5. The standard InChI is InChI=1S/C16H14BrNOS2/c17-13-3-1-2-4-14(13)18-15(19)11-5-7-12(8-6-11)16-20-9-10-21-16/h1-8,16H,9-10H2,(H,18,19). The first-order valence-electron chi connectivity index (χ1n) is 6.63. The zero-order chi connectivity index (χ0) is 14.7. The van der Waals surface area contributed by atoms with E-state index in [1.807, 2.05) is 59.9 Å². The number of hydrogen-bond donors (Lipinski definition) is 1. The molecule has 1 N–H and O–H groups in total. The summed E-state index contributed by atoms with van der Waals surface area (Å²) in [7, 11) is 0. The van der Waals surface area contributed by atoms with E-state index in [1.165, 1.54) is 17.1 Å². The van der Waals surface area contributed by atoms with Crippen LogP contribution in [-0.2, 0) is 0 Å². The molecule has 0 unspecified atom stereocenters. The lowest BCUT2D eigenvalue weighted by molar-refractivity contribution is 0.102. The van der Waals surface area contributed by atoms with Crippen molar-refractivity contribution in [2.45, 2.75) is 4.58 Å². The van der Waals surface area contributed by atoms with E-state index in [2.05, 4.69) is 33.4 Å². The number of nitrogens with one attached hydrogen (secondary N) is 1. The topological polar surface area (TPSA) is 29.1 Å². The van der Waals surface area contributed by atoms with E-state index in [-0.39, 0.29) is 5.91 Å². The molecular weight excluding hydrogens is 366 g/mol. The van der Waals surface area contributed by atoms with Gasteiger partial charge < -0.3 is 5.32 Å². The molecule has 5 heteroatoms. The Bertz CT molecular complexity index is 639. The van der Waals surface area contributed by atoms with Crippen LogP contribution in [0.2, 0.25) is 0 Å². The Morgan fingerprint density at radius 1 is 1.05 bits per heavy atom. The zero-order valence-corrected chi connectivity index (χ0v) is 14.4. The van der Waals surface area contributed by atoms with Crippen LogP contribution in [0.3, 0.4) is 0 Å². The number of amides is 1. The lowest BCUT2D eigenvalue weighted by atomic mass is 10.1. The van der Waals surface area contributed by atoms with Crippen molar-refractivity contribution >= 4 is 51.0 Å². The van der Waals surface area contributed by atoms with Gasteiger partial charge in [0.15, 0.2) is 0 Å². The molecule has 0 saturated carbocycles. The highest BCUT2D eigenvalue weighted by Gasteiger charge is 2.18. The minimum atomic E-state index is -0.0832. The molecule has 0 aliphatic carbocycles. The fourth-order valence-corrected chi connectivity index (χ4v) is 5.34. The molecule has 2 nitrogen and oxygen atoms in total. The Morgan fingerprint density at radius 2 is 1.71 bits per heavy atom. The van der Waals surface area contributed by atoms with E-state index in [0.717, 1.165) is 10.2 Å². The van der Waals surface area contributed by atoms with Gasteiger partial charge in [0, 0.05) is 21.5 Å². The number of anilines is 1. The van der Waals surface area contributed by atoms with Gasteiger partial charge in [-0.05, 0) is 45.8 Å². The van der Waals surface area contributed by atoms with Gasteiger partial charge in [-0.1, -0.05) is 24.3 Å². The van der Waals surface area contributed by atoms with Crippen LogP contribution in [0, 0.1) is 0 Å². The normalized spacial score (nSPS) is 15.1. The van der Waals surface area contributed by atoms with Crippen LogP contribution in [0.15, 0.2) is 53.0 Å². The van der Waals surface area contributed by atoms with E-state index >= 15 is 0 Å². The number of rotatable bonds is 3. The molecule has 21 heavy (non-hydrogen) atoms. The van der Waals surface area contributed by atoms with E-state index in [4.69, 9.17) is 0 Å². The van der Waals surface area contributed by atoms with Gasteiger partial charge in [-0.25, -0.2) is 0 Å². The van der Waals surface area contributed by atoms with E-state index in [9.17, 15) is 4.79 Å². The average Bonchev–Trinajstić information content (AvgIpc) is 3.04. The Labute approximate surface area is 141 Å². The van der Waals surface area contributed by atoms with Crippen LogP contribution in [0.25, 0.3) is 0 Å². The van der Waals surface area contributed by atoms with Gasteiger partial charge >= 0.3 is 0 Å². The summed E-state index contributed by atoms with van der Waals surface area (Å²) < 4.78 is 1.40. The van der Waals surface area contributed by atoms with Crippen molar-refractivity contribution in [3.05, 3.63) is 64.1 Å². The van der Waals surface area contributed by atoms with Gasteiger partial charge in [-0.15, -0.1) is 23.5 Å². The average molecular weight is 380 g/mol. The largest absolute Gasteiger partial charge is 0.321 e. The molecule has 1 aliphatic rings. The predicted molar refractivity (Wildman–Crippen MR) is 96.2 cm³/mol. The molecule has 1 fully saturated rings. The van der Waals surface area contributed by atoms with Crippen molar-refractivity contribution in [1.29, 1.82) is 0 Å². The first-order chi connectivity index (χ1) is 10.2. The first-order valence-corrected chi connectivity index (χ1v) is 9.52. The van der Waals surface area contributed by atoms with Crippen molar-refractivity contribution in [2.75, 3.05) is 16.8 Å². The molecular formula is C16H14BrNOS2. The van der Waals surface area contributed by atoms with Crippen LogP contribution in [0.4, 0.5) is 5.69 Å². The molecule has 3 rings (SSSR count). The third kappa shape index (κ3) is 3.65. The van der Waals surface area contributed by atoms with Gasteiger partial charge in [-0.3, -0.25) is 4.79 Å². The van der Waals surface area contributed by atoms with Crippen molar-refractivity contribution in [3.63, 3.8) is 0 Å². The Morgan fingerprint density at radius 3 is 2.38 bits per heavy atom. The minimum absolute atomic E-state index is 0.0832.